The van der Waals surface area contributed by atoms with E-state index in [4.69, 9.17) is 4.74 Å². The number of nitrogens with one attached hydrogen (secondary N) is 1. The Labute approximate surface area is 110 Å². The van der Waals surface area contributed by atoms with E-state index < -0.39 is 18.2 Å². The summed E-state index contributed by atoms with van der Waals surface area (Å²) in [5.41, 5.74) is 1.16. The van der Waals surface area contributed by atoms with Crippen LogP contribution in [0.3, 0.4) is 0 Å². The van der Waals surface area contributed by atoms with Crippen molar-refractivity contribution in [3.8, 4) is 0 Å². The Morgan fingerprint density at radius 3 is 3.00 bits per heavy atom. The molecule has 2 unspecified atom stereocenters. The molecule has 1 aromatic heterocycles. The van der Waals surface area contributed by atoms with Crippen LogP contribution >= 0.6 is 0 Å². The van der Waals surface area contributed by atoms with Gasteiger partial charge in [-0.15, -0.1) is 0 Å². The summed E-state index contributed by atoms with van der Waals surface area (Å²) in [6.07, 6.45) is -1.01. The van der Waals surface area contributed by atoms with Crippen molar-refractivity contribution in [1.29, 1.82) is 0 Å². The van der Waals surface area contributed by atoms with E-state index in [0.717, 1.165) is 5.39 Å². The van der Waals surface area contributed by atoms with Crippen molar-refractivity contribution in [2.24, 2.45) is 0 Å². The quantitative estimate of drug-likeness (QED) is 0.698. The van der Waals surface area contributed by atoms with Crippen LogP contribution in [0.15, 0.2) is 24.4 Å². The normalized spacial score (nSPS) is 14.3. The molecule has 102 valence electrons. The van der Waals surface area contributed by atoms with Crippen molar-refractivity contribution in [3.63, 3.8) is 0 Å². The molecule has 0 aliphatic carbocycles. The number of H-pyrrole nitrogens is 1. The zero-order valence-corrected chi connectivity index (χ0v) is 10.5. The molecule has 2 aromatic rings. The summed E-state index contributed by atoms with van der Waals surface area (Å²) in [6.45, 7) is 1.93. The first-order valence-corrected chi connectivity index (χ1v) is 6.07. The standard InChI is InChI=1S/C13H16N2O4/c1-2-19-11(17)6-10(16)13(18)9-5-3-4-8-7-14-15-12(8)9/h3-5,7,10,13,16,18H,2,6H2,1H3,(H,14,15). The number of aromatic nitrogens is 2. The van der Waals surface area contributed by atoms with E-state index in [1.807, 2.05) is 6.07 Å². The van der Waals surface area contributed by atoms with Crippen LogP contribution in [0.5, 0.6) is 0 Å². The third-order valence-electron chi connectivity index (χ3n) is 2.87. The van der Waals surface area contributed by atoms with Crippen LogP contribution in [-0.4, -0.2) is 39.1 Å². The highest BCUT2D eigenvalue weighted by Crippen LogP contribution is 2.25. The monoisotopic (exact) mass is 264 g/mol. The molecule has 0 radical (unpaired) electrons. The molecule has 0 aliphatic heterocycles. The van der Waals surface area contributed by atoms with Gasteiger partial charge >= 0.3 is 5.97 Å². The van der Waals surface area contributed by atoms with Crippen molar-refractivity contribution in [3.05, 3.63) is 30.0 Å². The molecular weight excluding hydrogens is 248 g/mol. The fourth-order valence-corrected chi connectivity index (χ4v) is 1.95. The van der Waals surface area contributed by atoms with Gasteiger partial charge in [-0.1, -0.05) is 18.2 Å². The van der Waals surface area contributed by atoms with Gasteiger partial charge in [0.25, 0.3) is 0 Å². The first-order chi connectivity index (χ1) is 9.13. The number of para-hydroxylation sites is 1. The molecule has 2 atom stereocenters. The number of rotatable bonds is 5. The van der Waals surface area contributed by atoms with Crippen LogP contribution in [0.25, 0.3) is 10.9 Å². The van der Waals surface area contributed by atoms with Crippen LogP contribution in [0.4, 0.5) is 0 Å². The molecule has 0 amide bonds. The number of benzene rings is 1. The van der Waals surface area contributed by atoms with E-state index in [-0.39, 0.29) is 13.0 Å². The number of carbonyl (C=O) groups excluding carboxylic acids is 1. The molecule has 0 spiro atoms. The molecule has 0 bridgehead atoms. The molecule has 0 saturated heterocycles. The predicted octanol–water partition coefficient (Wildman–Crippen LogP) is 0.910. The highest BCUT2D eigenvalue weighted by atomic mass is 16.5. The first-order valence-electron chi connectivity index (χ1n) is 6.07. The number of aromatic amines is 1. The van der Waals surface area contributed by atoms with Crippen LogP contribution in [0.2, 0.25) is 0 Å². The minimum atomic E-state index is -1.21. The number of hydrogen-bond donors (Lipinski definition) is 3. The largest absolute Gasteiger partial charge is 0.466 e. The summed E-state index contributed by atoms with van der Waals surface area (Å²) in [7, 11) is 0. The average Bonchev–Trinajstić information content (AvgIpc) is 2.86. The van der Waals surface area contributed by atoms with Gasteiger partial charge in [-0.2, -0.15) is 5.10 Å². The number of fused-ring (bicyclic) bond motifs is 1. The van der Waals surface area contributed by atoms with Gasteiger partial charge in [-0.05, 0) is 6.92 Å². The molecule has 6 heteroatoms. The zero-order chi connectivity index (χ0) is 13.8. The maximum absolute atomic E-state index is 11.3. The molecule has 19 heavy (non-hydrogen) atoms. The van der Waals surface area contributed by atoms with Crippen molar-refractivity contribution < 1.29 is 19.7 Å². The summed E-state index contributed by atoms with van der Waals surface area (Å²) in [5.74, 6) is -0.536. The number of ether oxygens (including phenoxy) is 1. The summed E-state index contributed by atoms with van der Waals surface area (Å²) in [4.78, 5) is 11.3. The summed E-state index contributed by atoms with van der Waals surface area (Å²) < 4.78 is 4.74. The second-order valence-corrected chi connectivity index (χ2v) is 4.20. The number of aliphatic hydroxyl groups is 2. The number of esters is 1. The van der Waals surface area contributed by atoms with Gasteiger partial charge in [0.05, 0.1) is 30.8 Å². The molecule has 3 N–H and O–H groups in total. The molecular formula is C13H16N2O4. The molecule has 0 saturated carbocycles. The van der Waals surface area contributed by atoms with Crippen LogP contribution in [-0.2, 0) is 9.53 Å². The van der Waals surface area contributed by atoms with Gasteiger partial charge in [0, 0.05) is 10.9 Å². The highest BCUT2D eigenvalue weighted by Gasteiger charge is 2.24. The van der Waals surface area contributed by atoms with Gasteiger partial charge in [0.1, 0.15) is 6.10 Å². The minimum Gasteiger partial charge on any atom is -0.466 e. The smallest absolute Gasteiger partial charge is 0.308 e. The van der Waals surface area contributed by atoms with Gasteiger partial charge in [0.2, 0.25) is 0 Å². The lowest BCUT2D eigenvalue weighted by atomic mass is 10.00. The second kappa shape index (κ2) is 5.81. The Bertz CT molecular complexity index is 567. The lowest BCUT2D eigenvalue weighted by molar-refractivity contribution is -0.147. The van der Waals surface area contributed by atoms with E-state index >= 15 is 0 Å². The van der Waals surface area contributed by atoms with E-state index in [1.165, 1.54) is 0 Å². The molecule has 1 aromatic carbocycles. The lowest BCUT2D eigenvalue weighted by Gasteiger charge is -2.17. The average molecular weight is 264 g/mol. The Morgan fingerprint density at radius 1 is 1.47 bits per heavy atom. The van der Waals surface area contributed by atoms with Crippen LogP contribution in [0.1, 0.15) is 25.0 Å². The Balaban J connectivity index is 2.16. The summed E-state index contributed by atoms with van der Waals surface area (Å²) in [5, 5.41) is 27.5. The van der Waals surface area contributed by atoms with Crippen LogP contribution in [0, 0.1) is 0 Å². The third-order valence-corrected chi connectivity index (χ3v) is 2.87. The van der Waals surface area contributed by atoms with Gasteiger partial charge in [0.15, 0.2) is 0 Å². The molecule has 0 aliphatic rings. The molecule has 2 rings (SSSR count). The number of carbonyl (C=O) groups is 1. The van der Waals surface area contributed by atoms with Crippen molar-refractivity contribution in [2.45, 2.75) is 25.6 Å². The Morgan fingerprint density at radius 2 is 2.26 bits per heavy atom. The fraction of sp³-hybridized carbons (Fsp3) is 0.385. The van der Waals surface area contributed by atoms with Crippen molar-refractivity contribution in [1.82, 2.24) is 10.2 Å². The van der Waals surface area contributed by atoms with Crippen molar-refractivity contribution in [2.75, 3.05) is 6.61 Å². The maximum atomic E-state index is 11.3. The topological polar surface area (TPSA) is 95.4 Å². The molecule has 0 fully saturated rings. The highest BCUT2D eigenvalue weighted by molar-refractivity contribution is 5.81. The van der Waals surface area contributed by atoms with Gasteiger partial charge in [-0.25, -0.2) is 0 Å². The molecule has 6 nitrogen and oxygen atoms in total. The maximum Gasteiger partial charge on any atom is 0.308 e. The summed E-state index contributed by atoms with van der Waals surface area (Å²) in [6, 6.07) is 5.28. The van der Waals surface area contributed by atoms with E-state index in [9.17, 15) is 15.0 Å². The van der Waals surface area contributed by atoms with E-state index in [2.05, 4.69) is 10.2 Å². The molecule has 1 heterocycles. The number of aliphatic hydroxyl groups excluding tert-OH is 2. The minimum absolute atomic E-state index is 0.248. The second-order valence-electron chi connectivity index (χ2n) is 4.20. The van der Waals surface area contributed by atoms with E-state index in [1.54, 1.807) is 25.3 Å². The lowest BCUT2D eigenvalue weighted by Crippen LogP contribution is -2.23. The van der Waals surface area contributed by atoms with Gasteiger partial charge in [-0.3, -0.25) is 9.89 Å². The zero-order valence-electron chi connectivity index (χ0n) is 10.5. The SMILES string of the molecule is CCOC(=O)CC(O)C(O)c1cccc2cn[nH]c12. The van der Waals surface area contributed by atoms with Crippen molar-refractivity contribution >= 4 is 16.9 Å². The Kier molecular flexibility index (Phi) is 4.13. The van der Waals surface area contributed by atoms with Gasteiger partial charge < -0.3 is 14.9 Å². The van der Waals surface area contributed by atoms with E-state index in [0.29, 0.717) is 11.1 Å². The Hall–Kier alpha value is -1.92. The predicted molar refractivity (Wildman–Crippen MR) is 68.3 cm³/mol. The fourth-order valence-electron chi connectivity index (χ4n) is 1.95. The number of hydrogen-bond acceptors (Lipinski definition) is 5. The third kappa shape index (κ3) is 2.91. The number of nitrogens with zero attached hydrogens (tertiary/aromatic N) is 1. The summed E-state index contributed by atoms with van der Waals surface area (Å²) >= 11 is 0. The van der Waals surface area contributed by atoms with Crippen LogP contribution < -0.4 is 0 Å². The first kappa shape index (κ1) is 13.5.